The fraction of sp³-hybridized carbons (Fsp3) is 0.318. The Morgan fingerprint density at radius 1 is 1.07 bits per heavy atom. The van der Waals surface area contributed by atoms with Gasteiger partial charge in [0.05, 0.1) is 5.25 Å². The van der Waals surface area contributed by atoms with Crippen molar-refractivity contribution in [1.82, 2.24) is 14.8 Å². The largest absolute Gasteiger partial charge is 0.325 e. The molecule has 0 aliphatic rings. The highest BCUT2D eigenvalue weighted by Crippen LogP contribution is 2.29. The van der Waals surface area contributed by atoms with Gasteiger partial charge in [-0.1, -0.05) is 62.0 Å². The van der Waals surface area contributed by atoms with Crippen LogP contribution in [0.4, 0.5) is 5.69 Å². The molecule has 1 heterocycles. The predicted molar refractivity (Wildman–Crippen MR) is 115 cm³/mol. The van der Waals surface area contributed by atoms with Crippen LogP contribution in [-0.4, -0.2) is 25.9 Å². The molecule has 2 atom stereocenters. The van der Waals surface area contributed by atoms with Crippen molar-refractivity contribution in [2.45, 2.75) is 50.4 Å². The number of benzene rings is 2. The van der Waals surface area contributed by atoms with Gasteiger partial charge < -0.3 is 5.32 Å². The van der Waals surface area contributed by atoms with Gasteiger partial charge in [0.1, 0.15) is 5.82 Å². The summed E-state index contributed by atoms with van der Waals surface area (Å²) in [5.41, 5.74) is 3.04. The Balaban J connectivity index is 1.77. The van der Waals surface area contributed by atoms with E-state index < -0.39 is 0 Å². The second-order valence-corrected chi connectivity index (χ2v) is 8.15. The van der Waals surface area contributed by atoms with Gasteiger partial charge in [-0.15, -0.1) is 10.2 Å². The van der Waals surface area contributed by atoms with Crippen molar-refractivity contribution in [2.24, 2.45) is 0 Å². The Morgan fingerprint density at radius 3 is 2.46 bits per heavy atom. The zero-order valence-corrected chi connectivity index (χ0v) is 17.5. The van der Waals surface area contributed by atoms with Gasteiger partial charge in [0, 0.05) is 11.4 Å². The summed E-state index contributed by atoms with van der Waals surface area (Å²) in [5, 5.41) is 12.0. The van der Waals surface area contributed by atoms with Gasteiger partial charge in [0.25, 0.3) is 0 Å². The minimum absolute atomic E-state index is 0.0407. The van der Waals surface area contributed by atoms with Gasteiger partial charge in [-0.25, -0.2) is 0 Å². The minimum atomic E-state index is -0.309. The number of aryl methyl sites for hydroxylation is 1. The highest BCUT2D eigenvalue weighted by molar-refractivity contribution is 8.00. The summed E-state index contributed by atoms with van der Waals surface area (Å²) in [7, 11) is 0. The van der Waals surface area contributed by atoms with Crippen LogP contribution in [0.2, 0.25) is 0 Å². The van der Waals surface area contributed by atoms with Crippen molar-refractivity contribution in [3.05, 3.63) is 66.0 Å². The molecule has 5 nitrogen and oxygen atoms in total. The molecule has 0 radical (unpaired) electrons. The van der Waals surface area contributed by atoms with E-state index in [2.05, 4.69) is 35.4 Å². The van der Waals surface area contributed by atoms with Crippen LogP contribution in [0.3, 0.4) is 0 Å². The van der Waals surface area contributed by atoms with Crippen LogP contribution in [0.5, 0.6) is 0 Å². The fourth-order valence-corrected chi connectivity index (χ4v) is 3.91. The van der Waals surface area contributed by atoms with Crippen LogP contribution in [0.25, 0.3) is 5.69 Å². The molecule has 0 saturated heterocycles. The average Bonchev–Trinajstić information content (AvgIpc) is 3.08. The lowest BCUT2D eigenvalue weighted by molar-refractivity contribution is -0.115. The molecule has 3 aromatic rings. The normalized spacial score (nSPS) is 13.1. The maximum Gasteiger partial charge on any atom is 0.237 e. The molecule has 28 heavy (non-hydrogen) atoms. The third kappa shape index (κ3) is 4.44. The van der Waals surface area contributed by atoms with Crippen LogP contribution < -0.4 is 5.32 Å². The minimum Gasteiger partial charge on any atom is -0.325 e. The summed E-state index contributed by atoms with van der Waals surface area (Å²) < 4.78 is 1.97. The molecule has 1 aromatic heterocycles. The lowest BCUT2D eigenvalue weighted by atomic mass is 9.97. The molecule has 0 bridgehead atoms. The molecule has 0 aliphatic heterocycles. The van der Waals surface area contributed by atoms with Crippen molar-refractivity contribution in [3.8, 4) is 5.69 Å². The summed E-state index contributed by atoms with van der Waals surface area (Å²) >= 11 is 1.41. The number of hydrogen-bond acceptors (Lipinski definition) is 4. The van der Waals surface area contributed by atoms with Crippen LogP contribution >= 0.6 is 11.8 Å². The molecule has 6 heteroatoms. The summed E-state index contributed by atoms with van der Waals surface area (Å²) in [5.74, 6) is 1.15. The van der Waals surface area contributed by atoms with Gasteiger partial charge in [-0.05, 0) is 49.9 Å². The number of para-hydroxylation sites is 2. The molecule has 1 N–H and O–H groups in total. The molecule has 0 spiro atoms. The lowest BCUT2D eigenvalue weighted by Crippen LogP contribution is -2.23. The zero-order valence-electron chi connectivity index (χ0n) is 16.7. The van der Waals surface area contributed by atoms with Crippen LogP contribution in [-0.2, 0) is 4.79 Å². The SMILES string of the molecule is CC[C@H](C)c1ccccc1NC(=O)[C@H](C)Sc1nnc(C)n1-c1ccccc1. The smallest absolute Gasteiger partial charge is 0.237 e. The highest BCUT2D eigenvalue weighted by Gasteiger charge is 2.21. The van der Waals surface area contributed by atoms with Crippen molar-refractivity contribution in [3.63, 3.8) is 0 Å². The Kier molecular flexibility index (Phi) is 6.52. The molecule has 2 aromatic carbocycles. The topological polar surface area (TPSA) is 59.8 Å². The van der Waals surface area contributed by atoms with E-state index in [9.17, 15) is 4.79 Å². The Hall–Kier alpha value is -2.60. The summed E-state index contributed by atoms with van der Waals surface area (Å²) in [6.45, 7) is 8.14. The summed E-state index contributed by atoms with van der Waals surface area (Å²) in [6.07, 6.45) is 1.02. The first-order chi connectivity index (χ1) is 13.5. The molecule has 3 rings (SSSR count). The predicted octanol–water partition coefficient (Wildman–Crippen LogP) is 5.21. The second-order valence-electron chi connectivity index (χ2n) is 6.85. The monoisotopic (exact) mass is 394 g/mol. The number of thioether (sulfide) groups is 1. The highest BCUT2D eigenvalue weighted by atomic mass is 32.2. The molecule has 0 saturated carbocycles. The van der Waals surface area contributed by atoms with Crippen LogP contribution in [0.1, 0.15) is 44.5 Å². The average molecular weight is 395 g/mol. The van der Waals surface area contributed by atoms with E-state index in [4.69, 9.17) is 0 Å². The third-order valence-electron chi connectivity index (χ3n) is 4.82. The van der Waals surface area contributed by atoms with E-state index in [1.54, 1.807) is 0 Å². The molecule has 0 aliphatic carbocycles. The quantitative estimate of drug-likeness (QED) is 0.559. The molecule has 1 amide bonds. The molecule has 0 fully saturated rings. The first kappa shape index (κ1) is 20.1. The van der Waals surface area contributed by atoms with E-state index in [1.807, 2.05) is 66.9 Å². The lowest BCUT2D eigenvalue weighted by Gasteiger charge is -2.18. The van der Waals surface area contributed by atoms with Crippen molar-refractivity contribution >= 4 is 23.4 Å². The number of anilines is 1. The van der Waals surface area contributed by atoms with Crippen molar-refractivity contribution in [2.75, 3.05) is 5.32 Å². The number of amides is 1. The molecule has 146 valence electrons. The van der Waals surface area contributed by atoms with E-state index in [1.165, 1.54) is 17.3 Å². The van der Waals surface area contributed by atoms with E-state index >= 15 is 0 Å². The molecule has 0 unspecified atom stereocenters. The third-order valence-corrected chi connectivity index (χ3v) is 5.87. The molecular formula is C22H26N4OS. The number of nitrogens with zero attached hydrogens (tertiary/aromatic N) is 3. The summed E-state index contributed by atoms with van der Waals surface area (Å²) in [6, 6.07) is 18.0. The van der Waals surface area contributed by atoms with Gasteiger partial charge >= 0.3 is 0 Å². The van der Waals surface area contributed by atoms with Crippen LogP contribution in [0, 0.1) is 6.92 Å². The van der Waals surface area contributed by atoms with Gasteiger partial charge in [0.15, 0.2) is 5.16 Å². The number of rotatable bonds is 7. The maximum atomic E-state index is 12.8. The van der Waals surface area contributed by atoms with Gasteiger partial charge in [0.2, 0.25) is 5.91 Å². The van der Waals surface area contributed by atoms with E-state index in [-0.39, 0.29) is 11.2 Å². The maximum absolute atomic E-state index is 12.8. The van der Waals surface area contributed by atoms with Gasteiger partial charge in [-0.2, -0.15) is 0 Å². The number of aromatic nitrogens is 3. The van der Waals surface area contributed by atoms with Crippen molar-refractivity contribution < 1.29 is 4.79 Å². The fourth-order valence-electron chi connectivity index (χ4n) is 3.00. The molecular weight excluding hydrogens is 368 g/mol. The zero-order chi connectivity index (χ0) is 20.1. The van der Waals surface area contributed by atoms with E-state index in [0.29, 0.717) is 11.1 Å². The first-order valence-corrected chi connectivity index (χ1v) is 10.4. The standard InChI is InChI=1S/C22H26N4OS/c1-5-15(2)19-13-9-10-14-20(19)23-21(27)16(3)28-22-25-24-17(4)26(22)18-11-7-6-8-12-18/h6-16H,5H2,1-4H3,(H,23,27)/t15-,16-/m0/s1. The number of nitrogens with one attached hydrogen (secondary N) is 1. The first-order valence-electron chi connectivity index (χ1n) is 9.55. The Morgan fingerprint density at radius 2 is 1.75 bits per heavy atom. The number of hydrogen-bond donors (Lipinski definition) is 1. The van der Waals surface area contributed by atoms with Crippen molar-refractivity contribution in [1.29, 1.82) is 0 Å². The Bertz CT molecular complexity index is 939. The Labute approximate surface area is 170 Å². The summed E-state index contributed by atoms with van der Waals surface area (Å²) in [4.78, 5) is 12.8. The number of carbonyl (C=O) groups excluding carboxylic acids is 1. The van der Waals surface area contributed by atoms with E-state index in [0.717, 1.165) is 23.6 Å². The van der Waals surface area contributed by atoms with Gasteiger partial charge in [-0.3, -0.25) is 9.36 Å². The van der Waals surface area contributed by atoms with Crippen LogP contribution in [0.15, 0.2) is 59.8 Å². The number of carbonyl (C=O) groups is 1. The second kappa shape index (κ2) is 9.06.